The molecule has 0 aliphatic carbocycles. The van der Waals surface area contributed by atoms with Crippen molar-refractivity contribution in [1.29, 1.82) is 0 Å². The molecule has 0 amide bonds. The number of benzene rings is 1. The Balaban J connectivity index is 2.03. The third kappa shape index (κ3) is 2.39. The van der Waals surface area contributed by atoms with Gasteiger partial charge in [-0.25, -0.2) is 0 Å². The number of hydrogen-bond donors (Lipinski definition) is 0. The van der Waals surface area contributed by atoms with Crippen LogP contribution in [-0.4, -0.2) is 5.78 Å². The van der Waals surface area contributed by atoms with Crippen LogP contribution in [0.15, 0.2) is 53.2 Å². The average molecular weight is 284 g/mol. The molecule has 0 aliphatic rings. The molecule has 1 nitrogen and oxygen atoms in total. The van der Waals surface area contributed by atoms with Crippen LogP contribution in [0.5, 0.6) is 0 Å². The Bertz CT molecular complexity index is 691. The molecule has 0 saturated heterocycles. The second-order valence-electron chi connectivity index (χ2n) is 4.27. The van der Waals surface area contributed by atoms with Crippen LogP contribution in [0.4, 0.5) is 0 Å². The summed E-state index contributed by atoms with van der Waals surface area (Å²) in [4.78, 5) is 13.9. The maximum absolute atomic E-state index is 11.3. The van der Waals surface area contributed by atoms with Gasteiger partial charge in [0.1, 0.15) is 0 Å². The van der Waals surface area contributed by atoms with E-state index in [4.69, 9.17) is 0 Å². The van der Waals surface area contributed by atoms with E-state index in [1.54, 1.807) is 29.6 Å². The molecule has 19 heavy (non-hydrogen) atoms. The Morgan fingerprint density at radius 1 is 0.947 bits per heavy atom. The standard InChI is InChI=1S/C16H12OS2/c1-11(17)12-4-6-13(7-5-12)14-8-10-19-16(14)15-3-2-9-18-15/h2-10H,1H3. The number of Topliss-reactive ketones (excluding diaryl/α,β-unsaturated/α-hetero) is 1. The summed E-state index contributed by atoms with van der Waals surface area (Å²) in [6.07, 6.45) is 0. The second-order valence-corrected chi connectivity index (χ2v) is 6.14. The van der Waals surface area contributed by atoms with E-state index in [1.165, 1.54) is 15.3 Å². The molecular formula is C16H12OS2. The van der Waals surface area contributed by atoms with Crippen LogP contribution >= 0.6 is 22.7 Å². The molecule has 94 valence electrons. The lowest BCUT2D eigenvalue weighted by Gasteiger charge is -2.03. The highest BCUT2D eigenvalue weighted by atomic mass is 32.1. The van der Waals surface area contributed by atoms with Crippen LogP contribution in [0.25, 0.3) is 20.9 Å². The largest absolute Gasteiger partial charge is 0.295 e. The third-order valence-corrected chi connectivity index (χ3v) is 4.98. The molecule has 3 aromatic rings. The molecule has 1 aromatic carbocycles. The van der Waals surface area contributed by atoms with Crippen LogP contribution in [0.3, 0.4) is 0 Å². The van der Waals surface area contributed by atoms with E-state index in [0.717, 1.165) is 11.1 Å². The topological polar surface area (TPSA) is 17.1 Å². The lowest BCUT2D eigenvalue weighted by molar-refractivity contribution is 0.101. The van der Waals surface area contributed by atoms with E-state index in [-0.39, 0.29) is 5.78 Å². The second kappa shape index (κ2) is 5.11. The van der Waals surface area contributed by atoms with Crippen molar-refractivity contribution in [2.75, 3.05) is 0 Å². The van der Waals surface area contributed by atoms with Crippen LogP contribution in [0, 0.1) is 0 Å². The first kappa shape index (κ1) is 12.3. The zero-order valence-corrected chi connectivity index (χ0v) is 12.1. The maximum atomic E-state index is 11.3. The van der Waals surface area contributed by atoms with Gasteiger partial charge in [-0.3, -0.25) is 4.79 Å². The third-order valence-electron chi connectivity index (χ3n) is 3.01. The molecule has 3 rings (SSSR count). The number of carbonyl (C=O) groups is 1. The molecule has 2 heterocycles. The highest BCUT2D eigenvalue weighted by Crippen LogP contribution is 2.38. The predicted octanol–water partition coefficient (Wildman–Crippen LogP) is 5.35. The molecule has 0 saturated carbocycles. The molecule has 2 aromatic heterocycles. The van der Waals surface area contributed by atoms with Gasteiger partial charge in [-0.15, -0.1) is 22.7 Å². The zero-order valence-electron chi connectivity index (χ0n) is 10.4. The summed E-state index contributed by atoms with van der Waals surface area (Å²) in [5.41, 5.74) is 3.16. The van der Waals surface area contributed by atoms with Gasteiger partial charge in [0.05, 0.1) is 4.88 Å². The number of hydrogen-bond acceptors (Lipinski definition) is 3. The fraction of sp³-hybridized carbons (Fsp3) is 0.0625. The van der Waals surface area contributed by atoms with Crippen molar-refractivity contribution < 1.29 is 4.79 Å². The highest BCUT2D eigenvalue weighted by Gasteiger charge is 2.10. The van der Waals surface area contributed by atoms with E-state index >= 15 is 0 Å². The van der Waals surface area contributed by atoms with Crippen molar-refractivity contribution in [3.63, 3.8) is 0 Å². The normalized spacial score (nSPS) is 10.6. The highest BCUT2D eigenvalue weighted by molar-refractivity contribution is 7.20. The molecule has 3 heteroatoms. The lowest BCUT2D eigenvalue weighted by Crippen LogP contribution is -1.90. The number of ketones is 1. The summed E-state index contributed by atoms with van der Waals surface area (Å²) in [7, 11) is 0. The minimum atomic E-state index is 0.107. The van der Waals surface area contributed by atoms with Gasteiger partial charge in [0.15, 0.2) is 5.78 Å². The van der Waals surface area contributed by atoms with Gasteiger partial charge in [0.25, 0.3) is 0 Å². The lowest BCUT2D eigenvalue weighted by atomic mass is 10.0. The molecule has 0 radical (unpaired) electrons. The fourth-order valence-electron chi connectivity index (χ4n) is 2.02. The maximum Gasteiger partial charge on any atom is 0.159 e. The van der Waals surface area contributed by atoms with E-state index in [1.807, 2.05) is 24.3 Å². The Morgan fingerprint density at radius 2 is 1.74 bits per heavy atom. The first-order valence-corrected chi connectivity index (χ1v) is 7.74. The molecule has 0 N–H and O–H groups in total. The summed E-state index contributed by atoms with van der Waals surface area (Å²) in [5.74, 6) is 0.107. The first-order chi connectivity index (χ1) is 9.25. The van der Waals surface area contributed by atoms with Crippen LogP contribution in [0.1, 0.15) is 17.3 Å². The minimum absolute atomic E-state index is 0.107. The summed E-state index contributed by atoms with van der Waals surface area (Å²) in [6.45, 7) is 1.59. The molecule has 0 fully saturated rings. The van der Waals surface area contributed by atoms with E-state index in [0.29, 0.717) is 0 Å². The van der Waals surface area contributed by atoms with Crippen molar-refractivity contribution in [1.82, 2.24) is 0 Å². The van der Waals surface area contributed by atoms with Crippen LogP contribution in [-0.2, 0) is 0 Å². The summed E-state index contributed by atoms with van der Waals surface area (Å²) >= 11 is 3.51. The van der Waals surface area contributed by atoms with Gasteiger partial charge in [0, 0.05) is 16.0 Å². The monoisotopic (exact) mass is 284 g/mol. The number of rotatable bonds is 3. The summed E-state index contributed by atoms with van der Waals surface area (Å²) in [6, 6.07) is 14.2. The molecule has 0 aliphatic heterocycles. The van der Waals surface area contributed by atoms with Gasteiger partial charge in [-0.2, -0.15) is 0 Å². The molecule has 0 unspecified atom stereocenters. The van der Waals surface area contributed by atoms with Gasteiger partial charge in [-0.05, 0) is 35.4 Å². The van der Waals surface area contributed by atoms with Crippen molar-refractivity contribution in [2.45, 2.75) is 6.92 Å². The van der Waals surface area contributed by atoms with Gasteiger partial charge in [-0.1, -0.05) is 30.3 Å². The minimum Gasteiger partial charge on any atom is -0.295 e. The van der Waals surface area contributed by atoms with E-state index < -0.39 is 0 Å². The van der Waals surface area contributed by atoms with E-state index in [2.05, 4.69) is 29.0 Å². The zero-order chi connectivity index (χ0) is 13.2. The molecular weight excluding hydrogens is 272 g/mol. The van der Waals surface area contributed by atoms with Crippen LogP contribution < -0.4 is 0 Å². The number of carbonyl (C=O) groups excluding carboxylic acids is 1. The Kier molecular flexibility index (Phi) is 3.32. The van der Waals surface area contributed by atoms with Gasteiger partial charge in [0.2, 0.25) is 0 Å². The smallest absolute Gasteiger partial charge is 0.159 e. The summed E-state index contributed by atoms with van der Waals surface area (Å²) < 4.78 is 0. The first-order valence-electron chi connectivity index (χ1n) is 5.98. The Labute approximate surface area is 120 Å². The fourth-order valence-corrected chi connectivity index (χ4v) is 3.82. The van der Waals surface area contributed by atoms with Crippen molar-refractivity contribution in [3.05, 3.63) is 58.8 Å². The molecule has 0 spiro atoms. The van der Waals surface area contributed by atoms with Crippen molar-refractivity contribution >= 4 is 28.5 Å². The Hall–Kier alpha value is -1.71. The Morgan fingerprint density at radius 3 is 2.37 bits per heavy atom. The molecule has 0 atom stereocenters. The average Bonchev–Trinajstić information content (AvgIpc) is 3.09. The summed E-state index contributed by atoms with van der Waals surface area (Å²) in [5, 5.41) is 4.21. The number of thiophene rings is 2. The van der Waals surface area contributed by atoms with Crippen molar-refractivity contribution in [2.24, 2.45) is 0 Å². The van der Waals surface area contributed by atoms with Gasteiger partial charge >= 0.3 is 0 Å². The van der Waals surface area contributed by atoms with Gasteiger partial charge < -0.3 is 0 Å². The SMILES string of the molecule is CC(=O)c1ccc(-c2ccsc2-c2cccs2)cc1. The quantitative estimate of drug-likeness (QED) is 0.593. The van der Waals surface area contributed by atoms with Crippen LogP contribution in [0.2, 0.25) is 0 Å². The van der Waals surface area contributed by atoms with E-state index in [9.17, 15) is 4.79 Å². The molecule has 0 bridgehead atoms. The van der Waals surface area contributed by atoms with Crippen molar-refractivity contribution in [3.8, 4) is 20.9 Å². The predicted molar refractivity (Wildman–Crippen MR) is 83.1 cm³/mol.